The van der Waals surface area contributed by atoms with Crippen LogP contribution in [0.5, 0.6) is 0 Å². The first-order chi connectivity index (χ1) is 14.5. The van der Waals surface area contributed by atoms with Gasteiger partial charge in [-0.15, -0.1) is 0 Å². The molecule has 30 heavy (non-hydrogen) atoms. The Morgan fingerprint density at radius 2 is 1.80 bits per heavy atom. The Bertz CT molecular complexity index is 1290. The summed E-state index contributed by atoms with van der Waals surface area (Å²) in [5.74, 6) is -1.07. The van der Waals surface area contributed by atoms with Gasteiger partial charge < -0.3 is 15.9 Å². The standard InChI is InChI=1S/C23H22N4O3/c24-18(23(29)30)12-16-15-8-4-5-9-19(15)25-21(16)13-17-20(26-27-22(17)28)11-10-14-6-2-1-3-7-14/h1-9,13,18H,10-12,24H2,(H,29,30)(H2,26,27,28)/b21-13+. The minimum Gasteiger partial charge on any atom is -0.480 e. The van der Waals surface area contributed by atoms with Crippen molar-refractivity contribution in [1.82, 2.24) is 10.2 Å². The molecule has 0 amide bonds. The van der Waals surface area contributed by atoms with Crippen LogP contribution in [-0.2, 0) is 17.6 Å². The zero-order valence-corrected chi connectivity index (χ0v) is 16.3. The maximum Gasteiger partial charge on any atom is 0.320 e. The van der Waals surface area contributed by atoms with E-state index in [9.17, 15) is 14.7 Å². The monoisotopic (exact) mass is 402 g/mol. The fraction of sp³-hybridized carbons (Fsp3) is 0.174. The third-order valence-corrected chi connectivity index (χ3v) is 5.20. The summed E-state index contributed by atoms with van der Waals surface area (Å²) in [6, 6.07) is 16.5. The van der Waals surface area contributed by atoms with Gasteiger partial charge in [-0.3, -0.25) is 14.7 Å². The van der Waals surface area contributed by atoms with Gasteiger partial charge in [-0.05, 0) is 36.1 Å². The summed E-state index contributed by atoms with van der Waals surface area (Å²) in [4.78, 5) is 28.4. The topological polar surface area (TPSA) is 124 Å². The first-order valence-electron chi connectivity index (χ1n) is 9.74. The number of H-pyrrole nitrogens is 2. The van der Waals surface area contributed by atoms with E-state index in [1.165, 1.54) is 5.56 Å². The molecule has 0 aliphatic carbocycles. The molecule has 1 aliphatic rings. The fourth-order valence-corrected chi connectivity index (χ4v) is 3.61. The summed E-state index contributed by atoms with van der Waals surface area (Å²) in [6.07, 6.45) is 3.28. The Morgan fingerprint density at radius 3 is 2.57 bits per heavy atom. The van der Waals surface area contributed by atoms with Crippen LogP contribution in [0.4, 0.5) is 0 Å². The van der Waals surface area contributed by atoms with Gasteiger partial charge in [0.05, 0.1) is 16.6 Å². The van der Waals surface area contributed by atoms with Crippen LogP contribution in [-0.4, -0.2) is 27.3 Å². The molecule has 5 N–H and O–H groups in total. The van der Waals surface area contributed by atoms with Crippen LogP contribution in [0.2, 0.25) is 0 Å². The number of carbonyl (C=O) groups is 1. The number of allylic oxidation sites excluding steroid dienone is 1. The summed E-state index contributed by atoms with van der Waals surface area (Å²) in [7, 11) is 0. The number of nitrogens with one attached hydrogen (secondary N) is 2. The fourth-order valence-electron chi connectivity index (χ4n) is 3.61. The van der Waals surface area contributed by atoms with Gasteiger partial charge in [0.25, 0.3) is 5.56 Å². The summed E-state index contributed by atoms with van der Waals surface area (Å²) in [5, 5.41) is 16.5. The van der Waals surface area contributed by atoms with Crippen molar-refractivity contribution in [2.75, 3.05) is 0 Å². The summed E-state index contributed by atoms with van der Waals surface area (Å²) in [5.41, 5.74) is 9.32. The van der Waals surface area contributed by atoms with Crippen molar-refractivity contribution in [1.29, 1.82) is 0 Å². The van der Waals surface area contributed by atoms with E-state index < -0.39 is 12.0 Å². The third-order valence-electron chi connectivity index (χ3n) is 5.20. The lowest BCUT2D eigenvalue weighted by molar-refractivity contribution is -0.138. The molecule has 7 nitrogen and oxygen atoms in total. The maximum atomic E-state index is 12.4. The Hall–Kier alpha value is -3.71. The van der Waals surface area contributed by atoms with E-state index in [0.29, 0.717) is 17.7 Å². The van der Waals surface area contributed by atoms with Crippen molar-refractivity contribution in [2.45, 2.75) is 25.3 Å². The van der Waals surface area contributed by atoms with Crippen LogP contribution in [0, 0.1) is 0 Å². The zero-order chi connectivity index (χ0) is 21.1. The molecule has 152 valence electrons. The molecule has 0 bridgehead atoms. The normalized spacial score (nSPS) is 15.1. The molecule has 3 aromatic rings. The van der Waals surface area contributed by atoms with Crippen molar-refractivity contribution in [2.24, 2.45) is 10.7 Å². The van der Waals surface area contributed by atoms with Crippen LogP contribution in [0.1, 0.15) is 23.2 Å². The largest absolute Gasteiger partial charge is 0.480 e. The number of aromatic nitrogens is 2. The quantitative estimate of drug-likeness (QED) is 0.473. The first kappa shape index (κ1) is 19.6. The van der Waals surface area contributed by atoms with Gasteiger partial charge in [0.1, 0.15) is 6.04 Å². The molecule has 1 aliphatic heterocycles. The highest BCUT2D eigenvalue weighted by Crippen LogP contribution is 2.22. The van der Waals surface area contributed by atoms with Crippen LogP contribution in [0.25, 0.3) is 11.6 Å². The molecule has 4 rings (SSSR count). The molecule has 0 saturated heterocycles. The zero-order valence-electron chi connectivity index (χ0n) is 16.3. The van der Waals surface area contributed by atoms with E-state index in [2.05, 4.69) is 15.2 Å². The number of aromatic amines is 2. The minimum atomic E-state index is -1.07. The van der Waals surface area contributed by atoms with Gasteiger partial charge in [-0.25, -0.2) is 4.99 Å². The number of aliphatic carboxylic acids is 1. The number of hydrogen-bond acceptors (Lipinski definition) is 4. The second-order valence-corrected chi connectivity index (χ2v) is 7.24. The minimum absolute atomic E-state index is 0.128. The molecule has 1 unspecified atom stereocenters. The highest BCUT2D eigenvalue weighted by molar-refractivity contribution is 5.81. The van der Waals surface area contributed by atoms with Crippen molar-refractivity contribution < 1.29 is 9.90 Å². The molecular formula is C23H22N4O3. The molecule has 1 aromatic heterocycles. The number of benzene rings is 2. The van der Waals surface area contributed by atoms with E-state index in [0.717, 1.165) is 28.3 Å². The summed E-state index contributed by atoms with van der Waals surface area (Å²) in [6.45, 7) is 0. The Kier molecular flexibility index (Phi) is 5.45. The van der Waals surface area contributed by atoms with E-state index >= 15 is 0 Å². The number of carboxylic acids is 1. The highest BCUT2D eigenvalue weighted by Gasteiger charge is 2.21. The van der Waals surface area contributed by atoms with Gasteiger partial charge in [-0.2, -0.15) is 0 Å². The second kappa shape index (κ2) is 8.34. The molecule has 2 heterocycles. The van der Waals surface area contributed by atoms with Crippen molar-refractivity contribution in [3.8, 4) is 0 Å². The SMILES string of the molecule is NC(CC1=c2ccccc2=N/C1=C/c1c(CCc2ccccc2)[nH][nH]c1=O)C(=O)O. The van der Waals surface area contributed by atoms with Crippen molar-refractivity contribution in [3.05, 3.63) is 98.0 Å². The smallest absolute Gasteiger partial charge is 0.320 e. The van der Waals surface area contributed by atoms with Gasteiger partial charge in [0.2, 0.25) is 0 Å². The lowest BCUT2D eigenvalue weighted by atomic mass is 10.00. The number of nitrogens with zero attached hydrogens (tertiary/aromatic N) is 1. The average molecular weight is 402 g/mol. The number of rotatable bonds is 7. The molecule has 0 spiro atoms. The van der Waals surface area contributed by atoms with Gasteiger partial charge in [0.15, 0.2) is 0 Å². The molecule has 0 fully saturated rings. The summed E-state index contributed by atoms with van der Waals surface area (Å²) >= 11 is 0. The molecule has 7 heteroatoms. The van der Waals surface area contributed by atoms with Crippen molar-refractivity contribution >= 4 is 17.6 Å². The Balaban J connectivity index is 1.70. The van der Waals surface area contributed by atoms with Gasteiger partial charge in [-0.1, -0.05) is 48.5 Å². The maximum absolute atomic E-state index is 12.4. The van der Waals surface area contributed by atoms with Crippen LogP contribution in [0.3, 0.4) is 0 Å². The molecular weight excluding hydrogens is 380 g/mol. The second-order valence-electron chi connectivity index (χ2n) is 7.24. The van der Waals surface area contributed by atoms with E-state index in [1.807, 2.05) is 54.6 Å². The van der Waals surface area contributed by atoms with Crippen LogP contribution >= 0.6 is 0 Å². The highest BCUT2D eigenvalue weighted by atomic mass is 16.4. The van der Waals surface area contributed by atoms with Gasteiger partial charge >= 0.3 is 5.97 Å². The Morgan fingerprint density at radius 1 is 1.07 bits per heavy atom. The van der Waals surface area contributed by atoms with Crippen LogP contribution in [0.15, 0.2) is 70.1 Å². The molecule has 2 aromatic carbocycles. The number of nitrogens with two attached hydrogens (primary N) is 1. The van der Waals surface area contributed by atoms with Crippen LogP contribution < -0.4 is 21.9 Å². The molecule has 0 saturated carbocycles. The third kappa shape index (κ3) is 4.01. The lowest BCUT2D eigenvalue weighted by Gasteiger charge is -2.09. The van der Waals surface area contributed by atoms with Crippen molar-refractivity contribution in [3.63, 3.8) is 0 Å². The Labute approximate surface area is 172 Å². The predicted molar refractivity (Wildman–Crippen MR) is 114 cm³/mol. The number of fused-ring (bicyclic) bond motifs is 1. The van der Waals surface area contributed by atoms with E-state index in [-0.39, 0.29) is 12.0 Å². The van der Waals surface area contributed by atoms with E-state index in [4.69, 9.17) is 5.73 Å². The number of aryl methyl sites for hydroxylation is 2. The lowest BCUT2D eigenvalue weighted by Crippen LogP contribution is -2.32. The molecule has 1 atom stereocenters. The first-order valence-corrected chi connectivity index (χ1v) is 9.74. The number of para-hydroxylation sites is 1. The van der Waals surface area contributed by atoms with E-state index in [1.54, 1.807) is 6.08 Å². The molecule has 0 radical (unpaired) electrons. The average Bonchev–Trinajstić information content (AvgIpc) is 3.28. The number of carboxylic acid groups (broad SMARTS) is 1. The number of hydrogen-bond donors (Lipinski definition) is 4. The van der Waals surface area contributed by atoms with Gasteiger partial charge in [0, 0.05) is 17.3 Å². The summed E-state index contributed by atoms with van der Waals surface area (Å²) < 4.78 is 0. The predicted octanol–water partition coefficient (Wildman–Crippen LogP) is 1.12.